The van der Waals surface area contributed by atoms with Gasteiger partial charge in [-0.25, -0.2) is 4.79 Å². The van der Waals surface area contributed by atoms with Crippen molar-refractivity contribution in [3.8, 4) is 0 Å². The molecule has 2 fully saturated rings. The molecule has 1 heterocycles. The number of anilines is 1. The third-order valence-corrected chi connectivity index (χ3v) is 4.47. The summed E-state index contributed by atoms with van der Waals surface area (Å²) in [6.45, 7) is 3.73. The molecule has 4 nitrogen and oxygen atoms in total. The second-order valence-electron chi connectivity index (χ2n) is 5.76. The standard InChI is InChI=1S/C16H23N3O/c20-16(17-14-6-2-1-3-7-14)19-12-10-18(11-13-19)15-8-4-5-9-15/h1-3,6-7,15H,4-5,8-13H2,(H,17,20). The van der Waals surface area contributed by atoms with Crippen LogP contribution < -0.4 is 5.32 Å². The molecule has 1 saturated carbocycles. The van der Waals surface area contributed by atoms with Crippen LogP contribution in [0.15, 0.2) is 30.3 Å². The molecule has 1 aliphatic heterocycles. The second-order valence-corrected chi connectivity index (χ2v) is 5.76. The predicted octanol–water partition coefficient (Wildman–Crippen LogP) is 2.78. The lowest BCUT2D eigenvalue weighted by atomic mass is 10.2. The number of hydrogen-bond acceptors (Lipinski definition) is 2. The van der Waals surface area contributed by atoms with Crippen LogP contribution in [0.4, 0.5) is 10.5 Å². The van der Waals surface area contributed by atoms with Gasteiger partial charge in [0.25, 0.3) is 0 Å². The van der Waals surface area contributed by atoms with Crippen LogP contribution in [0.1, 0.15) is 25.7 Å². The SMILES string of the molecule is O=C(Nc1ccccc1)N1CCN(C2CCCC2)CC1. The van der Waals surface area contributed by atoms with Crippen molar-refractivity contribution in [2.75, 3.05) is 31.5 Å². The van der Waals surface area contributed by atoms with Gasteiger partial charge in [-0.1, -0.05) is 31.0 Å². The van der Waals surface area contributed by atoms with Gasteiger partial charge in [0.1, 0.15) is 0 Å². The van der Waals surface area contributed by atoms with Gasteiger partial charge in [-0.2, -0.15) is 0 Å². The van der Waals surface area contributed by atoms with E-state index in [-0.39, 0.29) is 6.03 Å². The predicted molar refractivity (Wildman–Crippen MR) is 80.9 cm³/mol. The summed E-state index contributed by atoms with van der Waals surface area (Å²) in [7, 11) is 0. The average molecular weight is 273 g/mol. The maximum absolute atomic E-state index is 12.2. The Bertz CT molecular complexity index is 434. The zero-order valence-electron chi connectivity index (χ0n) is 11.9. The second kappa shape index (κ2) is 6.27. The Balaban J connectivity index is 1.49. The highest BCUT2D eigenvalue weighted by Crippen LogP contribution is 2.24. The van der Waals surface area contributed by atoms with Crippen molar-refractivity contribution in [1.29, 1.82) is 0 Å². The summed E-state index contributed by atoms with van der Waals surface area (Å²) < 4.78 is 0. The summed E-state index contributed by atoms with van der Waals surface area (Å²) in [6, 6.07) is 10.5. The number of nitrogens with zero attached hydrogens (tertiary/aromatic N) is 2. The number of para-hydroxylation sites is 1. The van der Waals surface area contributed by atoms with Gasteiger partial charge in [-0.05, 0) is 25.0 Å². The number of carbonyl (C=O) groups is 1. The molecule has 0 unspecified atom stereocenters. The van der Waals surface area contributed by atoms with Gasteiger partial charge in [0.05, 0.1) is 0 Å². The first kappa shape index (κ1) is 13.4. The molecule has 1 N–H and O–H groups in total. The minimum Gasteiger partial charge on any atom is -0.322 e. The molecule has 2 aliphatic rings. The molecule has 0 atom stereocenters. The highest BCUT2D eigenvalue weighted by Gasteiger charge is 2.27. The van der Waals surface area contributed by atoms with E-state index in [1.165, 1.54) is 25.7 Å². The van der Waals surface area contributed by atoms with Gasteiger partial charge in [-0.15, -0.1) is 0 Å². The molecule has 3 rings (SSSR count). The number of nitrogens with one attached hydrogen (secondary N) is 1. The molecule has 1 aromatic carbocycles. The lowest BCUT2D eigenvalue weighted by molar-refractivity contribution is 0.115. The molecule has 20 heavy (non-hydrogen) atoms. The molecular weight excluding hydrogens is 250 g/mol. The Labute approximate surface area is 120 Å². The number of hydrogen-bond donors (Lipinski definition) is 1. The summed E-state index contributed by atoms with van der Waals surface area (Å²) >= 11 is 0. The van der Waals surface area contributed by atoms with E-state index in [0.29, 0.717) is 0 Å². The van der Waals surface area contributed by atoms with Crippen LogP contribution in [0.3, 0.4) is 0 Å². The van der Waals surface area contributed by atoms with Gasteiger partial charge in [-0.3, -0.25) is 4.90 Å². The quantitative estimate of drug-likeness (QED) is 0.899. The number of urea groups is 1. The summed E-state index contributed by atoms with van der Waals surface area (Å²) in [5.74, 6) is 0. The number of piperazine rings is 1. The molecule has 1 saturated heterocycles. The molecule has 0 aromatic heterocycles. The lowest BCUT2D eigenvalue weighted by Crippen LogP contribution is -2.52. The topological polar surface area (TPSA) is 35.6 Å². The monoisotopic (exact) mass is 273 g/mol. The molecule has 4 heteroatoms. The highest BCUT2D eigenvalue weighted by atomic mass is 16.2. The van der Waals surface area contributed by atoms with Gasteiger partial charge >= 0.3 is 6.03 Å². The third kappa shape index (κ3) is 3.12. The van der Waals surface area contributed by atoms with E-state index >= 15 is 0 Å². The normalized spacial score (nSPS) is 21.1. The first-order chi connectivity index (χ1) is 9.83. The average Bonchev–Trinajstić information content (AvgIpc) is 3.03. The van der Waals surface area contributed by atoms with E-state index < -0.39 is 0 Å². The van der Waals surface area contributed by atoms with Crippen molar-refractivity contribution in [2.45, 2.75) is 31.7 Å². The summed E-state index contributed by atoms with van der Waals surface area (Å²) in [6.07, 6.45) is 5.44. The summed E-state index contributed by atoms with van der Waals surface area (Å²) in [5.41, 5.74) is 0.871. The molecule has 1 aliphatic carbocycles. The van der Waals surface area contributed by atoms with E-state index in [1.807, 2.05) is 35.2 Å². The first-order valence-corrected chi connectivity index (χ1v) is 7.68. The fraction of sp³-hybridized carbons (Fsp3) is 0.562. The van der Waals surface area contributed by atoms with E-state index in [2.05, 4.69) is 10.2 Å². The summed E-state index contributed by atoms with van der Waals surface area (Å²) in [5, 5.41) is 2.96. The minimum absolute atomic E-state index is 0.0299. The summed E-state index contributed by atoms with van der Waals surface area (Å²) in [4.78, 5) is 16.7. The van der Waals surface area contributed by atoms with Crippen molar-refractivity contribution in [1.82, 2.24) is 9.80 Å². The Hall–Kier alpha value is -1.55. The Kier molecular flexibility index (Phi) is 4.21. The third-order valence-electron chi connectivity index (χ3n) is 4.47. The molecule has 2 amide bonds. The van der Waals surface area contributed by atoms with Gasteiger partial charge < -0.3 is 10.2 Å². The maximum Gasteiger partial charge on any atom is 0.321 e. The van der Waals surface area contributed by atoms with Gasteiger partial charge in [0.15, 0.2) is 0 Å². The van der Waals surface area contributed by atoms with Crippen LogP contribution in [0.5, 0.6) is 0 Å². The van der Waals surface area contributed by atoms with Crippen molar-refractivity contribution >= 4 is 11.7 Å². The molecule has 0 bridgehead atoms. The van der Waals surface area contributed by atoms with Crippen LogP contribution in [0.25, 0.3) is 0 Å². The Morgan fingerprint density at radius 1 is 1.00 bits per heavy atom. The van der Waals surface area contributed by atoms with Crippen molar-refractivity contribution in [3.05, 3.63) is 30.3 Å². The number of carbonyl (C=O) groups excluding carboxylic acids is 1. The smallest absolute Gasteiger partial charge is 0.321 e. The van der Waals surface area contributed by atoms with Crippen LogP contribution in [-0.2, 0) is 0 Å². The van der Waals surface area contributed by atoms with E-state index in [0.717, 1.165) is 37.9 Å². The molecule has 1 aromatic rings. The molecular formula is C16H23N3O. The Morgan fingerprint density at radius 3 is 2.30 bits per heavy atom. The fourth-order valence-corrected chi connectivity index (χ4v) is 3.28. The minimum atomic E-state index is 0.0299. The van der Waals surface area contributed by atoms with Crippen LogP contribution in [-0.4, -0.2) is 48.1 Å². The van der Waals surface area contributed by atoms with Crippen LogP contribution in [0, 0.1) is 0 Å². The number of amides is 2. The van der Waals surface area contributed by atoms with Crippen LogP contribution >= 0.6 is 0 Å². The molecule has 0 spiro atoms. The Morgan fingerprint density at radius 2 is 1.65 bits per heavy atom. The molecule has 108 valence electrons. The van der Waals surface area contributed by atoms with E-state index in [9.17, 15) is 4.79 Å². The van der Waals surface area contributed by atoms with Gasteiger partial charge in [0.2, 0.25) is 0 Å². The van der Waals surface area contributed by atoms with Gasteiger partial charge in [0, 0.05) is 37.9 Å². The highest BCUT2D eigenvalue weighted by molar-refractivity contribution is 5.89. The fourth-order valence-electron chi connectivity index (χ4n) is 3.28. The van der Waals surface area contributed by atoms with Crippen molar-refractivity contribution < 1.29 is 4.79 Å². The zero-order chi connectivity index (χ0) is 13.8. The van der Waals surface area contributed by atoms with Crippen molar-refractivity contribution in [2.24, 2.45) is 0 Å². The largest absolute Gasteiger partial charge is 0.322 e. The molecule has 0 radical (unpaired) electrons. The van der Waals surface area contributed by atoms with E-state index in [4.69, 9.17) is 0 Å². The maximum atomic E-state index is 12.2. The lowest BCUT2D eigenvalue weighted by Gasteiger charge is -2.38. The number of benzene rings is 1. The van der Waals surface area contributed by atoms with E-state index in [1.54, 1.807) is 0 Å². The number of rotatable bonds is 2. The van der Waals surface area contributed by atoms with Crippen molar-refractivity contribution in [3.63, 3.8) is 0 Å². The zero-order valence-corrected chi connectivity index (χ0v) is 11.9. The van der Waals surface area contributed by atoms with Crippen LogP contribution in [0.2, 0.25) is 0 Å². The first-order valence-electron chi connectivity index (χ1n) is 7.68.